The fourth-order valence-corrected chi connectivity index (χ4v) is 1.42. The van der Waals surface area contributed by atoms with E-state index in [1.54, 1.807) is 11.3 Å². The molecule has 0 N–H and O–H groups in total. The standard InChI is InChI=1S/C5H14NOPSi/c1-5(7)6(8)9(2,3)4/h8H2,1-4H3. The highest BCUT2D eigenvalue weighted by molar-refractivity contribution is 7.20. The molecule has 0 bridgehead atoms. The number of rotatable bonds is 1. The van der Waals surface area contributed by atoms with E-state index in [9.17, 15) is 4.79 Å². The minimum Gasteiger partial charge on any atom is -0.355 e. The zero-order valence-electron chi connectivity index (χ0n) is 6.43. The third-order valence-corrected chi connectivity index (χ3v) is 5.51. The van der Waals surface area contributed by atoms with Gasteiger partial charge >= 0.3 is 0 Å². The van der Waals surface area contributed by atoms with Crippen molar-refractivity contribution in [2.75, 3.05) is 0 Å². The van der Waals surface area contributed by atoms with Crippen molar-refractivity contribution in [2.24, 2.45) is 0 Å². The van der Waals surface area contributed by atoms with E-state index in [0.29, 0.717) is 0 Å². The molecule has 2 nitrogen and oxygen atoms in total. The Balaban J connectivity index is 4.04. The molecule has 0 saturated carbocycles. The summed E-state index contributed by atoms with van der Waals surface area (Å²) in [7, 11) is 1.09. The molecule has 1 amide bonds. The van der Waals surface area contributed by atoms with E-state index in [-0.39, 0.29) is 5.91 Å². The second-order valence-corrected chi connectivity index (χ2v) is 8.92. The maximum absolute atomic E-state index is 10.7. The zero-order valence-corrected chi connectivity index (χ0v) is 8.59. The highest BCUT2D eigenvalue weighted by atomic mass is 31.0. The first-order valence-corrected chi connectivity index (χ1v) is 6.87. The van der Waals surface area contributed by atoms with E-state index in [0.717, 1.165) is 0 Å². The fraction of sp³-hybridized carbons (Fsp3) is 0.800. The van der Waals surface area contributed by atoms with Gasteiger partial charge in [-0.1, -0.05) is 19.6 Å². The van der Waals surface area contributed by atoms with Crippen LogP contribution in [0.3, 0.4) is 0 Å². The fourth-order valence-electron chi connectivity index (χ4n) is 0.472. The van der Waals surface area contributed by atoms with Gasteiger partial charge in [0.15, 0.2) is 8.24 Å². The molecular formula is C5H14NOPSi. The molecule has 0 aliphatic heterocycles. The first kappa shape index (κ1) is 9.12. The molecule has 0 aliphatic rings. The maximum atomic E-state index is 10.7. The Labute approximate surface area is 60.0 Å². The SMILES string of the molecule is CC(=O)N(P)[Si](C)(C)C. The van der Waals surface area contributed by atoms with Crippen LogP contribution < -0.4 is 0 Å². The zero-order chi connectivity index (χ0) is 7.65. The Bertz CT molecular complexity index is 121. The normalized spacial score (nSPS) is 11.2. The van der Waals surface area contributed by atoms with Crippen LogP contribution in [0.2, 0.25) is 19.6 Å². The molecule has 0 aromatic heterocycles. The molecule has 0 aromatic rings. The van der Waals surface area contributed by atoms with Crippen LogP contribution in [0.1, 0.15) is 6.92 Å². The summed E-state index contributed by atoms with van der Waals surface area (Å²) < 4.78 is 1.77. The van der Waals surface area contributed by atoms with Crippen molar-refractivity contribution in [1.82, 2.24) is 4.34 Å². The van der Waals surface area contributed by atoms with E-state index in [1.807, 2.05) is 0 Å². The maximum Gasteiger partial charge on any atom is 0.214 e. The van der Waals surface area contributed by atoms with Gasteiger partial charge in [0.2, 0.25) is 5.91 Å². The summed E-state index contributed by atoms with van der Waals surface area (Å²) >= 11 is 0. The Morgan fingerprint density at radius 3 is 1.78 bits per heavy atom. The van der Waals surface area contributed by atoms with E-state index in [4.69, 9.17) is 0 Å². The third kappa shape index (κ3) is 2.97. The molecule has 0 fully saturated rings. The Morgan fingerprint density at radius 1 is 1.44 bits per heavy atom. The monoisotopic (exact) mass is 163 g/mol. The van der Waals surface area contributed by atoms with E-state index < -0.39 is 8.24 Å². The lowest BCUT2D eigenvalue weighted by atomic mass is 10.8. The molecule has 4 heteroatoms. The lowest BCUT2D eigenvalue weighted by Crippen LogP contribution is -2.41. The highest BCUT2D eigenvalue weighted by Gasteiger charge is 2.21. The summed E-state index contributed by atoms with van der Waals surface area (Å²) in [4.78, 5) is 10.7. The molecule has 0 rings (SSSR count). The number of carbonyl (C=O) groups excluding carboxylic acids is 1. The second kappa shape index (κ2) is 2.80. The summed E-state index contributed by atoms with van der Waals surface area (Å²) in [6, 6.07) is 0. The largest absolute Gasteiger partial charge is 0.355 e. The van der Waals surface area contributed by atoms with Crippen molar-refractivity contribution in [3.05, 3.63) is 0 Å². The topological polar surface area (TPSA) is 20.3 Å². The van der Waals surface area contributed by atoms with E-state index in [1.165, 1.54) is 0 Å². The minimum absolute atomic E-state index is 0.138. The highest BCUT2D eigenvalue weighted by Crippen LogP contribution is 2.13. The molecule has 1 unspecified atom stereocenters. The third-order valence-electron chi connectivity index (χ3n) is 1.06. The van der Waals surface area contributed by atoms with Crippen LogP contribution in [0.25, 0.3) is 0 Å². The quantitative estimate of drug-likeness (QED) is 0.423. The van der Waals surface area contributed by atoms with Crippen molar-refractivity contribution in [1.29, 1.82) is 0 Å². The van der Waals surface area contributed by atoms with Crippen molar-refractivity contribution in [3.8, 4) is 0 Å². The molecule has 1 atom stereocenters. The molecule has 54 valence electrons. The summed E-state index contributed by atoms with van der Waals surface area (Å²) in [5.74, 6) is 0.138. The van der Waals surface area contributed by atoms with Gasteiger partial charge in [-0.25, -0.2) is 0 Å². The Morgan fingerprint density at radius 2 is 1.78 bits per heavy atom. The minimum atomic E-state index is -1.38. The van der Waals surface area contributed by atoms with Crippen LogP contribution in [0.15, 0.2) is 0 Å². The molecule has 0 radical (unpaired) electrons. The van der Waals surface area contributed by atoms with Gasteiger partial charge in [-0.3, -0.25) is 4.79 Å². The Hall–Kier alpha value is 0.117. The number of hydrogen-bond acceptors (Lipinski definition) is 1. The first-order chi connectivity index (χ1) is 3.85. The van der Waals surface area contributed by atoms with Crippen molar-refractivity contribution >= 4 is 23.5 Å². The average molecular weight is 163 g/mol. The van der Waals surface area contributed by atoms with Crippen molar-refractivity contribution in [3.63, 3.8) is 0 Å². The summed E-state index contributed by atoms with van der Waals surface area (Å²) in [5, 5.41) is 0. The number of carbonyl (C=O) groups is 1. The number of hydrogen-bond donors (Lipinski definition) is 0. The summed E-state index contributed by atoms with van der Waals surface area (Å²) in [6.45, 7) is 7.97. The van der Waals surface area contributed by atoms with Gasteiger partial charge in [0.1, 0.15) is 0 Å². The van der Waals surface area contributed by atoms with Gasteiger partial charge in [-0.05, 0) is 9.39 Å². The number of amides is 1. The van der Waals surface area contributed by atoms with E-state index >= 15 is 0 Å². The van der Waals surface area contributed by atoms with Gasteiger partial charge in [-0.15, -0.1) is 0 Å². The van der Waals surface area contributed by atoms with Crippen LogP contribution >= 0.6 is 9.39 Å². The predicted molar refractivity (Wildman–Crippen MR) is 45.6 cm³/mol. The molecule has 0 aliphatic carbocycles. The molecule has 9 heavy (non-hydrogen) atoms. The van der Waals surface area contributed by atoms with Crippen LogP contribution in [0.5, 0.6) is 0 Å². The molecule has 0 spiro atoms. The molecule has 0 heterocycles. The average Bonchev–Trinajstić information content (AvgIpc) is 1.62. The van der Waals surface area contributed by atoms with E-state index in [2.05, 4.69) is 29.0 Å². The van der Waals surface area contributed by atoms with Crippen LogP contribution in [-0.2, 0) is 4.79 Å². The van der Waals surface area contributed by atoms with Gasteiger partial charge in [0, 0.05) is 6.92 Å². The van der Waals surface area contributed by atoms with Gasteiger partial charge in [0.05, 0.1) is 0 Å². The number of nitrogens with zero attached hydrogens (tertiary/aromatic N) is 1. The van der Waals surface area contributed by atoms with Gasteiger partial charge in [-0.2, -0.15) is 0 Å². The second-order valence-electron chi connectivity index (χ2n) is 3.06. The van der Waals surface area contributed by atoms with Gasteiger partial charge < -0.3 is 4.34 Å². The van der Waals surface area contributed by atoms with Gasteiger partial charge in [0.25, 0.3) is 0 Å². The molecule has 0 aromatic carbocycles. The van der Waals surface area contributed by atoms with Crippen LogP contribution in [0, 0.1) is 0 Å². The van der Waals surface area contributed by atoms with Crippen LogP contribution in [0.4, 0.5) is 0 Å². The first-order valence-electron chi connectivity index (χ1n) is 2.91. The van der Waals surface area contributed by atoms with Crippen molar-refractivity contribution < 1.29 is 4.79 Å². The summed E-state index contributed by atoms with van der Waals surface area (Å²) in [5.41, 5.74) is 0. The van der Waals surface area contributed by atoms with Crippen molar-refractivity contribution in [2.45, 2.75) is 26.6 Å². The van der Waals surface area contributed by atoms with Crippen LogP contribution in [-0.4, -0.2) is 18.5 Å². The lowest BCUT2D eigenvalue weighted by Gasteiger charge is -2.28. The smallest absolute Gasteiger partial charge is 0.214 e. The molecule has 0 saturated heterocycles. The Kier molecular flexibility index (Phi) is 2.84. The summed E-state index contributed by atoms with van der Waals surface area (Å²) in [6.07, 6.45) is 0. The predicted octanol–water partition coefficient (Wildman–Crippen LogP) is 1.46. The lowest BCUT2D eigenvalue weighted by molar-refractivity contribution is -0.121. The molecular weight excluding hydrogens is 149 g/mol.